The number of piperidine rings is 1. The minimum Gasteiger partial charge on any atom is -0.376 e. The average Bonchev–Trinajstić information content (AvgIpc) is 2.46. The summed E-state index contributed by atoms with van der Waals surface area (Å²) < 4.78 is 0. The maximum Gasteiger partial charge on any atom is 0.224 e. The highest BCUT2D eigenvalue weighted by atomic mass is 16.1. The van der Waals surface area contributed by atoms with E-state index in [9.17, 15) is 4.79 Å². The number of hydrogen-bond donors (Lipinski definition) is 2. The highest BCUT2D eigenvalue weighted by molar-refractivity contribution is 5.93. The summed E-state index contributed by atoms with van der Waals surface area (Å²) in [4.78, 5) is 18.1. The van der Waals surface area contributed by atoms with Gasteiger partial charge in [0.15, 0.2) is 0 Å². The fourth-order valence-corrected chi connectivity index (χ4v) is 2.59. The first-order valence-corrected chi connectivity index (χ1v) is 7.28. The maximum absolute atomic E-state index is 12.1. The molecule has 2 rings (SSSR count). The number of anilines is 2. The third-order valence-corrected chi connectivity index (χ3v) is 3.79. The number of rotatable bonds is 5. The summed E-state index contributed by atoms with van der Waals surface area (Å²) in [7, 11) is 3.92. The first-order chi connectivity index (χ1) is 9.66. The van der Waals surface area contributed by atoms with Crippen molar-refractivity contribution in [3.63, 3.8) is 0 Å². The lowest BCUT2D eigenvalue weighted by molar-refractivity contribution is -0.116. The number of aromatic nitrogens is 1. The van der Waals surface area contributed by atoms with Gasteiger partial charge in [-0.05, 0) is 44.3 Å². The van der Waals surface area contributed by atoms with E-state index in [1.54, 1.807) is 12.4 Å². The molecule has 20 heavy (non-hydrogen) atoms. The van der Waals surface area contributed by atoms with E-state index in [0.717, 1.165) is 30.9 Å². The second kappa shape index (κ2) is 7.24. The first-order valence-electron chi connectivity index (χ1n) is 7.28. The Hall–Kier alpha value is -1.62. The van der Waals surface area contributed by atoms with E-state index in [-0.39, 0.29) is 5.91 Å². The molecule has 1 aromatic rings. The van der Waals surface area contributed by atoms with Gasteiger partial charge in [0.25, 0.3) is 0 Å². The zero-order valence-electron chi connectivity index (χ0n) is 12.4. The number of nitrogens with zero attached hydrogens (tertiary/aromatic N) is 2. The maximum atomic E-state index is 12.1. The third-order valence-electron chi connectivity index (χ3n) is 3.79. The quantitative estimate of drug-likeness (QED) is 0.862. The highest BCUT2D eigenvalue weighted by Crippen LogP contribution is 2.23. The van der Waals surface area contributed by atoms with E-state index in [1.165, 1.54) is 12.8 Å². The largest absolute Gasteiger partial charge is 0.376 e. The van der Waals surface area contributed by atoms with E-state index >= 15 is 0 Å². The van der Waals surface area contributed by atoms with Crippen molar-refractivity contribution >= 4 is 17.3 Å². The van der Waals surface area contributed by atoms with Gasteiger partial charge >= 0.3 is 0 Å². The minimum absolute atomic E-state index is 0.0830. The van der Waals surface area contributed by atoms with Crippen LogP contribution in [0.3, 0.4) is 0 Å². The molecule has 0 radical (unpaired) electrons. The van der Waals surface area contributed by atoms with Gasteiger partial charge in [0, 0.05) is 26.7 Å². The molecule has 5 heteroatoms. The SMILES string of the molecule is CN(C)c1ccncc1NC(=O)CCC1CCNCC1. The molecule has 1 saturated heterocycles. The van der Waals surface area contributed by atoms with Crippen molar-refractivity contribution in [2.45, 2.75) is 25.7 Å². The van der Waals surface area contributed by atoms with E-state index in [1.807, 2.05) is 25.1 Å². The molecule has 1 aromatic heterocycles. The van der Waals surface area contributed by atoms with Gasteiger partial charge in [-0.2, -0.15) is 0 Å². The number of nitrogens with one attached hydrogen (secondary N) is 2. The van der Waals surface area contributed by atoms with Gasteiger partial charge in [0.2, 0.25) is 5.91 Å². The van der Waals surface area contributed by atoms with Gasteiger partial charge in [-0.25, -0.2) is 0 Å². The number of carbonyl (C=O) groups excluding carboxylic acids is 1. The van der Waals surface area contributed by atoms with Crippen LogP contribution in [0.1, 0.15) is 25.7 Å². The van der Waals surface area contributed by atoms with Gasteiger partial charge in [0.05, 0.1) is 17.6 Å². The van der Waals surface area contributed by atoms with Crippen LogP contribution in [0.15, 0.2) is 18.5 Å². The van der Waals surface area contributed by atoms with Crippen molar-refractivity contribution in [1.29, 1.82) is 0 Å². The summed E-state index contributed by atoms with van der Waals surface area (Å²) in [6.45, 7) is 2.17. The fraction of sp³-hybridized carbons (Fsp3) is 0.600. The van der Waals surface area contributed by atoms with Crippen LogP contribution in [0.5, 0.6) is 0 Å². The molecule has 0 spiro atoms. The van der Waals surface area contributed by atoms with E-state index in [0.29, 0.717) is 12.3 Å². The molecule has 5 nitrogen and oxygen atoms in total. The Morgan fingerprint density at radius 2 is 2.20 bits per heavy atom. The molecule has 1 aliphatic rings. The Bertz CT molecular complexity index is 441. The molecule has 0 saturated carbocycles. The molecule has 110 valence electrons. The number of hydrogen-bond acceptors (Lipinski definition) is 4. The van der Waals surface area contributed by atoms with E-state index in [4.69, 9.17) is 0 Å². The van der Waals surface area contributed by atoms with Gasteiger partial charge in [0.1, 0.15) is 0 Å². The van der Waals surface area contributed by atoms with Crippen LogP contribution in [0.2, 0.25) is 0 Å². The summed E-state index contributed by atoms with van der Waals surface area (Å²) in [5, 5.41) is 6.32. The van der Waals surface area contributed by atoms with E-state index in [2.05, 4.69) is 15.6 Å². The van der Waals surface area contributed by atoms with Crippen molar-refractivity contribution in [2.75, 3.05) is 37.4 Å². The van der Waals surface area contributed by atoms with Crippen LogP contribution in [0.4, 0.5) is 11.4 Å². The zero-order valence-corrected chi connectivity index (χ0v) is 12.4. The standard InChI is InChI=1S/C15H24N4O/c1-19(2)14-7-10-17-11-13(14)18-15(20)4-3-12-5-8-16-9-6-12/h7,10-12,16H,3-6,8-9H2,1-2H3,(H,18,20). The van der Waals surface area contributed by atoms with Crippen molar-refractivity contribution in [3.8, 4) is 0 Å². The Labute approximate surface area is 120 Å². The Balaban J connectivity index is 1.85. The zero-order chi connectivity index (χ0) is 14.4. The first kappa shape index (κ1) is 14.8. The molecular weight excluding hydrogens is 252 g/mol. The number of pyridine rings is 1. The molecule has 0 atom stereocenters. The molecule has 0 aliphatic carbocycles. The summed E-state index contributed by atoms with van der Waals surface area (Å²) >= 11 is 0. The van der Waals surface area contributed by atoms with Crippen LogP contribution in [0, 0.1) is 5.92 Å². The van der Waals surface area contributed by atoms with E-state index < -0.39 is 0 Å². The lowest BCUT2D eigenvalue weighted by Crippen LogP contribution is -2.28. The van der Waals surface area contributed by atoms with Crippen molar-refractivity contribution < 1.29 is 4.79 Å². The molecule has 2 N–H and O–H groups in total. The lowest BCUT2D eigenvalue weighted by atomic mass is 9.93. The molecule has 1 amide bonds. The van der Waals surface area contributed by atoms with Gasteiger partial charge in [-0.15, -0.1) is 0 Å². The van der Waals surface area contributed by atoms with Crippen molar-refractivity contribution in [1.82, 2.24) is 10.3 Å². The second-order valence-electron chi connectivity index (χ2n) is 5.57. The Morgan fingerprint density at radius 1 is 1.45 bits per heavy atom. The molecule has 0 unspecified atom stereocenters. The third kappa shape index (κ3) is 4.20. The highest BCUT2D eigenvalue weighted by Gasteiger charge is 2.15. The summed E-state index contributed by atoms with van der Waals surface area (Å²) in [5.41, 5.74) is 1.77. The summed E-state index contributed by atoms with van der Waals surface area (Å²) in [6, 6.07) is 1.91. The molecule has 0 bridgehead atoms. The predicted octanol–water partition coefficient (Wildman–Crippen LogP) is 1.87. The fourth-order valence-electron chi connectivity index (χ4n) is 2.59. The number of amides is 1. The molecule has 1 aliphatic heterocycles. The number of carbonyl (C=O) groups is 1. The summed E-state index contributed by atoms with van der Waals surface area (Å²) in [5.74, 6) is 0.767. The smallest absolute Gasteiger partial charge is 0.224 e. The van der Waals surface area contributed by atoms with Gasteiger partial charge in [-0.3, -0.25) is 9.78 Å². The van der Waals surface area contributed by atoms with Crippen LogP contribution < -0.4 is 15.5 Å². The van der Waals surface area contributed by atoms with Crippen LogP contribution in [-0.4, -0.2) is 38.1 Å². The Kier molecular flexibility index (Phi) is 5.35. The molecule has 0 aromatic carbocycles. The average molecular weight is 276 g/mol. The topological polar surface area (TPSA) is 57.3 Å². The van der Waals surface area contributed by atoms with Gasteiger partial charge in [-0.1, -0.05) is 0 Å². The van der Waals surface area contributed by atoms with Crippen LogP contribution >= 0.6 is 0 Å². The van der Waals surface area contributed by atoms with Crippen molar-refractivity contribution in [2.24, 2.45) is 5.92 Å². The lowest BCUT2D eigenvalue weighted by Gasteiger charge is -2.22. The summed E-state index contributed by atoms with van der Waals surface area (Å²) in [6.07, 6.45) is 7.38. The van der Waals surface area contributed by atoms with Crippen molar-refractivity contribution in [3.05, 3.63) is 18.5 Å². The second-order valence-corrected chi connectivity index (χ2v) is 5.57. The van der Waals surface area contributed by atoms with Crippen LogP contribution in [-0.2, 0) is 4.79 Å². The van der Waals surface area contributed by atoms with Gasteiger partial charge < -0.3 is 15.5 Å². The Morgan fingerprint density at radius 3 is 2.90 bits per heavy atom. The monoisotopic (exact) mass is 276 g/mol. The van der Waals surface area contributed by atoms with Crippen LogP contribution in [0.25, 0.3) is 0 Å². The normalized spacial score (nSPS) is 15.9. The minimum atomic E-state index is 0.0830. The molecular formula is C15H24N4O. The predicted molar refractivity (Wildman–Crippen MR) is 82.0 cm³/mol. The molecule has 2 heterocycles. The molecule has 1 fully saturated rings.